The number of nitrogens with one attached hydrogen (secondary N) is 1. The molecule has 3 heteroatoms. The highest BCUT2D eigenvalue weighted by Gasteiger charge is 2.23. The average molecular weight is 169 g/mol. The third kappa shape index (κ3) is 1.97. The standard InChI is InChI=1S/C9H19N3/c10-8-5-9(11-6-8)7-12-3-1-2-4-12/h8-9,11H,1-7,10H2/t8-,9+/m1/s1. The first kappa shape index (κ1) is 8.48. The summed E-state index contributed by atoms with van der Waals surface area (Å²) in [6.45, 7) is 4.83. The zero-order valence-corrected chi connectivity index (χ0v) is 7.63. The molecule has 2 rings (SSSR count). The predicted molar refractivity (Wildman–Crippen MR) is 50.1 cm³/mol. The Morgan fingerprint density at radius 3 is 2.67 bits per heavy atom. The molecular formula is C9H19N3. The van der Waals surface area contributed by atoms with Gasteiger partial charge in [0.15, 0.2) is 0 Å². The molecule has 3 nitrogen and oxygen atoms in total. The predicted octanol–water partition coefficient (Wildman–Crippen LogP) is -0.229. The monoisotopic (exact) mass is 169 g/mol. The zero-order valence-electron chi connectivity index (χ0n) is 7.63. The first-order valence-electron chi connectivity index (χ1n) is 5.06. The first-order valence-corrected chi connectivity index (χ1v) is 5.06. The van der Waals surface area contributed by atoms with E-state index in [-0.39, 0.29) is 0 Å². The molecule has 0 unspecified atom stereocenters. The van der Waals surface area contributed by atoms with E-state index in [4.69, 9.17) is 5.73 Å². The van der Waals surface area contributed by atoms with Crippen molar-refractivity contribution in [2.45, 2.75) is 31.3 Å². The summed E-state index contributed by atoms with van der Waals surface area (Å²) < 4.78 is 0. The largest absolute Gasteiger partial charge is 0.326 e. The van der Waals surface area contributed by atoms with Gasteiger partial charge in [-0.1, -0.05) is 0 Å². The fourth-order valence-electron chi connectivity index (χ4n) is 2.27. The molecule has 0 bridgehead atoms. The molecule has 0 radical (unpaired) electrons. The van der Waals surface area contributed by atoms with E-state index in [0.717, 1.165) is 13.0 Å². The first-order chi connectivity index (χ1) is 5.84. The quantitative estimate of drug-likeness (QED) is 0.600. The molecule has 0 spiro atoms. The number of hydrogen-bond acceptors (Lipinski definition) is 3. The lowest BCUT2D eigenvalue weighted by atomic mass is 10.2. The smallest absolute Gasteiger partial charge is 0.0210 e. The van der Waals surface area contributed by atoms with Crippen molar-refractivity contribution in [3.05, 3.63) is 0 Å². The molecule has 70 valence electrons. The highest BCUT2D eigenvalue weighted by atomic mass is 15.2. The van der Waals surface area contributed by atoms with Gasteiger partial charge in [0.05, 0.1) is 0 Å². The fraction of sp³-hybridized carbons (Fsp3) is 1.00. The summed E-state index contributed by atoms with van der Waals surface area (Å²) in [7, 11) is 0. The van der Waals surface area contributed by atoms with Gasteiger partial charge in [0, 0.05) is 25.2 Å². The molecule has 2 saturated heterocycles. The maximum Gasteiger partial charge on any atom is 0.0210 e. The topological polar surface area (TPSA) is 41.3 Å². The van der Waals surface area contributed by atoms with Crippen LogP contribution in [0.2, 0.25) is 0 Å². The van der Waals surface area contributed by atoms with Crippen molar-refractivity contribution in [3.8, 4) is 0 Å². The molecule has 0 aromatic rings. The number of nitrogens with two attached hydrogens (primary N) is 1. The van der Waals surface area contributed by atoms with Crippen LogP contribution in [0.1, 0.15) is 19.3 Å². The third-order valence-electron chi connectivity index (χ3n) is 2.93. The van der Waals surface area contributed by atoms with Crippen molar-refractivity contribution < 1.29 is 0 Å². The van der Waals surface area contributed by atoms with Crippen LogP contribution >= 0.6 is 0 Å². The molecule has 2 aliphatic heterocycles. The van der Waals surface area contributed by atoms with E-state index >= 15 is 0 Å². The van der Waals surface area contributed by atoms with Crippen molar-refractivity contribution in [2.75, 3.05) is 26.2 Å². The lowest BCUT2D eigenvalue weighted by Gasteiger charge is -2.19. The van der Waals surface area contributed by atoms with Gasteiger partial charge in [-0.05, 0) is 32.4 Å². The molecule has 12 heavy (non-hydrogen) atoms. The van der Waals surface area contributed by atoms with Gasteiger partial charge in [0.1, 0.15) is 0 Å². The van der Waals surface area contributed by atoms with Gasteiger partial charge < -0.3 is 16.0 Å². The minimum Gasteiger partial charge on any atom is -0.326 e. The summed E-state index contributed by atoms with van der Waals surface area (Å²) in [4.78, 5) is 2.55. The van der Waals surface area contributed by atoms with E-state index < -0.39 is 0 Å². The maximum absolute atomic E-state index is 5.82. The molecule has 3 N–H and O–H groups in total. The molecule has 0 saturated carbocycles. The Bertz CT molecular complexity index is 143. The summed E-state index contributed by atoms with van der Waals surface area (Å²) in [5.74, 6) is 0. The highest BCUT2D eigenvalue weighted by Crippen LogP contribution is 2.11. The van der Waals surface area contributed by atoms with Crippen molar-refractivity contribution in [1.29, 1.82) is 0 Å². The van der Waals surface area contributed by atoms with Crippen molar-refractivity contribution in [3.63, 3.8) is 0 Å². The van der Waals surface area contributed by atoms with Crippen LogP contribution in [-0.2, 0) is 0 Å². The molecule has 0 aliphatic carbocycles. The van der Waals surface area contributed by atoms with Gasteiger partial charge in [0.2, 0.25) is 0 Å². The lowest BCUT2D eigenvalue weighted by molar-refractivity contribution is 0.302. The number of nitrogens with zero attached hydrogens (tertiary/aromatic N) is 1. The van der Waals surface area contributed by atoms with Crippen LogP contribution in [0, 0.1) is 0 Å². The average Bonchev–Trinajstić information content (AvgIpc) is 2.63. The summed E-state index contributed by atoms with van der Waals surface area (Å²) in [6, 6.07) is 1.07. The highest BCUT2D eigenvalue weighted by molar-refractivity contribution is 4.86. The Morgan fingerprint density at radius 1 is 1.33 bits per heavy atom. The van der Waals surface area contributed by atoms with Gasteiger partial charge in [-0.3, -0.25) is 0 Å². The molecule has 0 aromatic carbocycles. The Morgan fingerprint density at radius 2 is 2.08 bits per heavy atom. The van der Waals surface area contributed by atoms with E-state index in [1.54, 1.807) is 0 Å². The van der Waals surface area contributed by atoms with Crippen molar-refractivity contribution >= 4 is 0 Å². The molecule has 0 amide bonds. The second kappa shape index (κ2) is 3.73. The van der Waals surface area contributed by atoms with E-state index in [9.17, 15) is 0 Å². The summed E-state index contributed by atoms with van der Waals surface area (Å²) in [5.41, 5.74) is 5.82. The molecule has 0 aromatic heterocycles. The van der Waals surface area contributed by atoms with Crippen molar-refractivity contribution in [2.24, 2.45) is 5.73 Å². The SMILES string of the molecule is N[C@H]1CN[C@H](CN2CCCC2)C1. The Hall–Kier alpha value is -0.120. The van der Waals surface area contributed by atoms with E-state index in [2.05, 4.69) is 10.2 Å². The summed E-state index contributed by atoms with van der Waals surface area (Å²) >= 11 is 0. The Labute approximate surface area is 74.3 Å². The van der Waals surface area contributed by atoms with E-state index in [0.29, 0.717) is 12.1 Å². The van der Waals surface area contributed by atoms with Crippen molar-refractivity contribution in [1.82, 2.24) is 10.2 Å². The number of likely N-dealkylation sites (tertiary alicyclic amines) is 1. The zero-order chi connectivity index (χ0) is 8.39. The van der Waals surface area contributed by atoms with Gasteiger partial charge in [-0.25, -0.2) is 0 Å². The number of rotatable bonds is 2. The van der Waals surface area contributed by atoms with Gasteiger partial charge >= 0.3 is 0 Å². The Kier molecular flexibility index (Phi) is 2.63. The van der Waals surface area contributed by atoms with Crippen LogP contribution < -0.4 is 11.1 Å². The molecule has 2 fully saturated rings. The molecule has 2 heterocycles. The van der Waals surface area contributed by atoms with E-state index in [1.807, 2.05) is 0 Å². The van der Waals surface area contributed by atoms with E-state index in [1.165, 1.54) is 32.5 Å². The molecule has 2 atom stereocenters. The second-order valence-electron chi connectivity index (χ2n) is 4.11. The maximum atomic E-state index is 5.82. The Balaban J connectivity index is 1.72. The van der Waals surface area contributed by atoms with Crippen LogP contribution in [0.5, 0.6) is 0 Å². The lowest BCUT2D eigenvalue weighted by Crippen LogP contribution is -2.35. The molecule has 2 aliphatic rings. The van der Waals surface area contributed by atoms with Crippen LogP contribution in [0.3, 0.4) is 0 Å². The summed E-state index contributed by atoms with van der Waals surface area (Å²) in [5, 5.41) is 3.47. The minimum atomic E-state index is 0.401. The van der Waals surface area contributed by atoms with Crippen LogP contribution in [-0.4, -0.2) is 43.2 Å². The molecular weight excluding hydrogens is 150 g/mol. The third-order valence-corrected chi connectivity index (χ3v) is 2.93. The minimum absolute atomic E-state index is 0.401. The van der Waals surface area contributed by atoms with Gasteiger partial charge in [0.25, 0.3) is 0 Å². The second-order valence-corrected chi connectivity index (χ2v) is 4.11. The fourth-order valence-corrected chi connectivity index (χ4v) is 2.27. The summed E-state index contributed by atoms with van der Waals surface area (Å²) in [6.07, 6.45) is 3.94. The van der Waals surface area contributed by atoms with Crippen LogP contribution in [0.4, 0.5) is 0 Å². The normalized spacial score (nSPS) is 37.8. The van der Waals surface area contributed by atoms with Crippen LogP contribution in [0.15, 0.2) is 0 Å². The van der Waals surface area contributed by atoms with Gasteiger partial charge in [-0.2, -0.15) is 0 Å². The van der Waals surface area contributed by atoms with Crippen LogP contribution in [0.25, 0.3) is 0 Å². The number of hydrogen-bond donors (Lipinski definition) is 2. The van der Waals surface area contributed by atoms with Gasteiger partial charge in [-0.15, -0.1) is 0 Å².